The summed E-state index contributed by atoms with van der Waals surface area (Å²) in [6, 6.07) is 6.82. The first kappa shape index (κ1) is 18.7. The number of halogens is 1. The summed E-state index contributed by atoms with van der Waals surface area (Å²) in [5.41, 5.74) is -0.218. The summed E-state index contributed by atoms with van der Waals surface area (Å²) >= 11 is 2.18. The van der Waals surface area contributed by atoms with E-state index in [4.69, 9.17) is 0 Å². The van der Waals surface area contributed by atoms with Crippen LogP contribution < -0.4 is 10.6 Å². The summed E-state index contributed by atoms with van der Waals surface area (Å²) in [5, 5.41) is 5.51. The Balaban J connectivity index is 2.05. The van der Waals surface area contributed by atoms with Gasteiger partial charge in [0.25, 0.3) is 5.91 Å². The second-order valence-electron chi connectivity index (χ2n) is 5.96. The molecule has 0 bridgehead atoms. The number of carbonyl (C=O) groups is 3. The third-order valence-electron chi connectivity index (χ3n) is 4.03. The number of hydrogen-bond acceptors (Lipinski definition) is 3. The van der Waals surface area contributed by atoms with Gasteiger partial charge in [0, 0.05) is 9.26 Å². The van der Waals surface area contributed by atoms with Gasteiger partial charge in [0.05, 0.1) is 0 Å². The first-order chi connectivity index (χ1) is 11.4. The highest BCUT2D eigenvalue weighted by Gasteiger charge is 2.50. The molecule has 0 aliphatic carbocycles. The van der Waals surface area contributed by atoms with Crippen LogP contribution in [-0.4, -0.2) is 34.8 Å². The Morgan fingerprint density at radius 1 is 1.17 bits per heavy atom. The molecule has 1 saturated heterocycles. The molecule has 1 aliphatic heterocycles. The molecule has 0 saturated carbocycles. The predicted octanol–water partition coefficient (Wildman–Crippen LogP) is 3.12. The summed E-state index contributed by atoms with van der Waals surface area (Å²) < 4.78 is 1.06. The lowest BCUT2D eigenvalue weighted by Crippen LogP contribution is -2.47. The Hall–Kier alpha value is -1.64. The Morgan fingerprint density at radius 2 is 1.75 bits per heavy atom. The summed E-state index contributed by atoms with van der Waals surface area (Å²) in [5.74, 6) is -0.683. The second-order valence-corrected chi connectivity index (χ2v) is 7.20. The van der Waals surface area contributed by atoms with E-state index in [1.807, 2.05) is 26.0 Å². The maximum absolute atomic E-state index is 12.7. The first-order valence-electron chi connectivity index (χ1n) is 8.11. The highest BCUT2D eigenvalue weighted by molar-refractivity contribution is 14.1. The van der Waals surface area contributed by atoms with Crippen LogP contribution in [0.15, 0.2) is 24.3 Å². The molecule has 1 aromatic carbocycles. The van der Waals surface area contributed by atoms with Crippen molar-refractivity contribution in [3.8, 4) is 0 Å². The monoisotopic (exact) mass is 443 g/mol. The minimum atomic E-state index is -0.857. The molecule has 0 aromatic heterocycles. The van der Waals surface area contributed by atoms with E-state index in [0.29, 0.717) is 18.5 Å². The minimum Gasteiger partial charge on any atom is -0.325 e. The van der Waals surface area contributed by atoms with Crippen molar-refractivity contribution in [3.05, 3.63) is 27.8 Å². The quantitative estimate of drug-likeness (QED) is 0.502. The van der Waals surface area contributed by atoms with E-state index in [9.17, 15) is 14.4 Å². The molecule has 6 nitrogen and oxygen atoms in total. The molecular formula is C17H22IN3O3. The summed E-state index contributed by atoms with van der Waals surface area (Å²) in [7, 11) is 0. The fraction of sp³-hybridized carbons (Fsp3) is 0.471. The first-order valence-corrected chi connectivity index (χ1v) is 9.19. The lowest BCUT2D eigenvalue weighted by Gasteiger charge is -2.25. The van der Waals surface area contributed by atoms with Gasteiger partial charge in [-0.25, -0.2) is 4.79 Å². The van der Waals surface area contributed by atoms with Crippen LogP contribution in [0.2, 0.25) is 0 Å². The Bertz CT molecular complexity index is 624. The summed E-state index contributed by atoms with van der Waals surface area (Å²) in [6.45, 7) is 3.68. The lowest BCUT2D eigenvalue weighted by atomic mass is 9.88. The highest BCUT2D eigenvalue weighted by atomic mass is 127. The molecule has 2 rings (SSSR count). The molecule has 0 radical (unpaired) electrons. The molecule has 0 atom stereocenters. The molecule has 1 heterocycles. The van der Waals surface area contributed by atoms with Crippen molar-refractivity contribution in [2.24, 2.45) is 0 Å². The Labute approximate surface area is 155 Å². The van der Waals surface area contributed by atoms with E-state index in [1.165, 1.54) is 0 Å². The number of benzene rings is 1. The van der Waals surface area contributed by atoms with Gasteiger partial charge in [0.2, 0.25) is 5.91 Å². The number of imide groups is 1. The smallest absolute Gasteiger partial charge is 0.325 e. The fourth-order valence-corrected chi connectivity index (χ4v) is 3.37. The van der Waals surface area contributed by atoms with Crippen molar-refractivity contribution in [1.82, 2.24) is 10.2 Å². The zero-order chi connectivity index (χ0) is 17.7. The normalized spacial score (nSPS) is 16.2. The largest absolute Gasteiger partial charge is 0.325 e. The van der Waals surface area contributed by atoms with Gasteiger partial charge in [-0.3, -0.25) is 14.5 Å². The predicted molar refractivity (Wildman–Crippen MR) is 101 cm³/mol. The van der Waals surface area contributed by atoms with Crippen molar-refractivity contribution in [3.63, 3.8) is 0 Å². The third-order valence-corrected chi connectivity index (χ3v) is 4.75. The van der Waals surface area contributed by atoms with Gasteiger partial charge in [-0.15, -0.1) is 0 Å². The second kappa shape index (κ2) is 7.96. The molecule has 2 N–H and O–H groups in total. The zero-order valence-electron chi connectivity index (χ0n) is 13.9. The Morgan fingerprint density at radius 3 is 2.29 bits per heavy atom. The molecule has 24 heavy (non-hydrogen) atoms. The van der Waals surface area contributed by atoms with Crippen LogP contribution in [0, 0.1) is 3.57 Å². The number of hydrogen-bond donors (Lipinski definition) is 2. The highest BCUT2D eigenvalue weighted by Crippen LogP contribution is 2.28. The Kier molecular flexibility index (Phi) is 6.20. The molecular weight excluding hydrogens is 421 g/mol. The summed E-state index contributed by atoms with van der Waals surface area (Å²) in [4.78, 5) is 38.1. The van der Waals surface area contributed by atoms with Crippen molar-refractivity contribution >= 4 is 46.1 Å². The molecule has 7 heteroatoms. The topological polar surface area (TPSA) is 78.5 Å². The number of nitrogens with one attached hydrogen (secondary N) is 2. The van der Waals surface area contributed by atoms with Gasteiger partial charge in [-0.1, -0.05) is 26.7 Å². The van der Waals surface area contributed by atoms with E-state index in [-0.39, 0.29) is 18.4 Å². The van der Waals surface area contributed by atoms with Crippen LogP contribution in [0.3, 0.4) is 0 Å². The third kappa shape index (κ3) is 4.06. The molecule has 0 spiro atoms. The van der Waals surface area contributed by atoms with Gasteiger partial charge in [0.15, 0.2) is 0 Å². The molecule has 130 valence electrons. The van der Waals surface area contributed by atoms with Crippen LogP contribution >= 0.6 is 22.6 Å². The van der Waals surface area contributed by atoms with Crippen LogP contribution in [0.1, 0.15) is 39.5 Å². The van der Waals surface area contributed by atoms with E-state index in [2.05, 4.69) is 33.2 Å². The maximum Gasteiger partial charge on any atom is 0.325 e. The van der Waals surface area contributed by atoms with Crippen molar-refractivity contribution in [2.45, 2.75) is 45.1 Å². The average molecular weight is 443 g/mol. The van der Waals surface area contributed by atoms with Crippen LogP contribution in [0.25, 0.3) is 0 Å². The van der Waals surface area contributed by atoms with Gasteiger partial charge < -0.3 is 10.6 Å². The van der Waals surface area contributed by atoms with Gasteiger partial charge in [-0.2, -0.15) is 0 Å². The number of carbonyl (C=O) groups excluding carboxylic acids is 3. The maximum atomic E-state index is 12.7. The number of rotatable bonds is 7. The van der Waals surface area contributed by atoms with Crippen LogP contribution in [0.5, 0.6) is 0 Å². The van der Waals surface area contributed by atoms with E-state index in [1.54, 1.807) is 12.1 Å². The van der Waals surface area contributed by atoms with Crippen LogP contribution in [-0.2, 0) is 9.59 Å². The van der Waals surface area contributed by atoms with E-state index >= 15 is 0 Å². The van der Waals surface area contributed by atoms with Gasteiger partial charge >= 0.3 is 6.03 Å². The molecule has 0 unspecified atom stereocenters. The van der Waals surface area contributed by atoms with Gasteiger partial charge in [-0.05, 0) is 59.7 Å². The molecule has 1 aliphatic rings. The van der Waals surface area contributed by atoms with Crippen molar-refractivity contribution in [1.29, 1.82) is 0 Å². The number of anilines is 1. The fourth-order valence-electron chi connectivity index (χ4n) is 3.01. The standard InChI is InChI=1S/C17H22IN3O3/c1-3-9-17(10-4-2)15(23)21(16(24)20-17)11-14(22)19-13-7-5-12(18)6-8-13/h5-8H,3-4,9-11H2,1-2H3,(H,19,22)(H,20,24). The van der Waals surface area contributed by atoms with Gasteiger partial charge in [0.1, 0.15) is 12.1 Å². The van der Waals surface area contributed by atoms with Crippen LogP contribution in [0.4, 0.5) is 10.5 Å². The van der Waals surface area contributed by atoms with E-state index < -0.39 is 11.6 Å². The zero-order valence-corrected chi connectivity index (χ0v) is 16.1. The SMILES string of the molecule is CCCC1(CCC)NC(=O)N(CC(=O)Nc2ccc(I)cc2)C1=O. The number of nitrogens with zero attached hydrogens (tertiary/aromatic N) is 1. The minimum absolute atomic E-state index is 0.272. The van der Waals surface area contributed by atoms with E-state index in [0.717, 1.165) is 21.3 Å². The van der Waals surface area contributed by atoms with Crippen molar-refractivity contribution in [2.75, 3.05) is 11.9 Å². The summed E-state index contributed by atoms with van der Waals surface area (Å²) in [6.07, 6.45) is 2.74. The lowest BCUT2D eigenvalue weighted by molar-refractivity contribution is -0.134. The average Bonchev–Trinajstić information content (AvgIpc) is 2.75. The van der Waals surface area contributed by atoms with Crippen molar-refractivity contribution < 1.29 is 14.4 Å². The molecule has 4 amide bonds. The number of amides is 4. The molecule has 1 fully saturated rings. The number of urea groups is 1. The molecule has 1 aromatic rings.